The first-order valence-corrected chi connectivity index (χ1v) is 13.8. The van der Waals surface area contributed by atoms with Crippen molar-refractivity contribution >= 4 is 45.2 Å². The third kappa shape index (κ3) is 5.88. The van der Waals surface area contributed by atoms with Gasteiger partial charge in [0.15, 0.2) is 0 Å². The number of carbonyl (C=O) groups is 1. The average molecular weight is 638 g/mol. The summed E-state index contributed by atoms with van der Waals surface area (Å²) in [5.74, 6) is -1.66. The van der Waals surface area contributed by atoms with Gasteiger partial charge in [-0.3, -0.25) is 4.79 Å². The highest BCUT2D eigenvalue weighted by Gasteiger charge is 2.22. The van der Waals surface area contributed by atoms with E-state index < -0.39 is 23.0 Å². The number of morpholine rings is 1. The minimum atomic E-state index is -1.35. The summed E-state index contributed by atoms with van der Waals surface area (Å²) in [7, 11) is 0. The first kappa shape index (κ1) is 28.5. The average Bonchev–Trinajstić information content (AvgIpc) is 2.92. The number of nitrogens with zero attached hydrogens (tertiary/aromatic N) is 2. The number of aliphatic hydroxyl groups is 1. The van der Waals surface area contributed by atoms with Gasteiger partial charge in [-0.2, -0.15) is 0 Å². The van der Waals surface area contributed by atoms with E-state index in [1.54, 1.807) is 10.6 Å². The number of halogens is 2. The van der Waals surface area contributed by atoms with Gasteiger partial charge < -0.3 is 29.2 Å². The number of benzene rings is 2. The van der Waals surface area contributed by atoms with Crippen LogP contribution in [0.5, 0.6) is 0 Å². The number of aryl methyl sites for hydroxylation is 1. The number of aromatic nitrogens is 1. The first-order chi connectivity index (χ1) is 18.3. The lowest BCUT2D eigenvalue weighted by molar-refractivity contribution is 0.0689. The Hall–Kier alpha value is -2.54. The molecule has 4 rings (SSSR count). The maximum absolute atomic E-state index is 15.3. The van der Waals surface area contributed by atoms with Crippen LogP contribution in [0.25, 0.3) is 10.9 Å². The van der Waals surface area contributed by atoms with Gasteiger partial charge in [-0.1, -0.05) is 6.92 Å². The molecule has 0 unspecified atom stereocenters. The monoisotopic (exact) mass is 638 g/mol. The quantitative estimate of drug-likeness (QED) is 0.324. The Labute approximate surface area is 234 Å². The van der Waals surface area contributed by atoms with Crippen LogP contribution in [0.4, 0.5) is 10.1 Å². The van der Waals surface area contributed by atoms with E-state index >= 15 is 4.39 Å². The molecule has 0 amide bonds. The second-order valence-corrected chi connectivity index (χ2v) is 10.4. The molecule has 38 heavy (non-hydrogen) atoms. The Morgan fingerprint density at radius 2 is 1.89 bits per heavy atom. The van der Waals surface area contributed by atoms with Crippen LogP contribution >= 0.6 is 22.6 Å². The van der Waals surface area contributed by atoms with E-state index in [4.69, 9.17) is 9.47 Å². The van der Waals surface area contributed by atoms with Crippen LogP contribution in [-0.2, 0) is 22.3 Å². The number of ether oxygens (including phenoxy) is 2. The lowest BCUT2D eigenvalue weighted by Crippen LogP contribution is -2.36. The van der Waals surface area contributed by atoms with Gasteiger partial charge in [-0.25, -0.2) is 9.18 Å². The summed E-state index contributed by atoms with van der Waals surface area (Å²) < 4.78 is 28.4. The number of hydrogen-bond acceptors (Lipinski definition) is 6. The van der Waals surface area contributed by atoms with Gasteiger partial charge in [0, 0.05) is 43.4 Å². The fourth-order valence-corrected chi connectivity index (χ4v) is 5.54. The Bertz CT molecular complexity index is 1390. The maximum atomic E-state index is 15.3. The van der Waals surface area contributed by atoms with Crippen LogP contribution in [0.2, 0.25) is 0 Å². The van der Waals surface area contributed by atoms with Crippen molar-refractivity contribution in [1.29, 1.82) is 0 Å². The Morgan fingerprint density at radius 3 is 2.53 bits per heavy atom. The Balaban J connectivity index is 1.86. The molecule has 2 aromatic carbocycles. The molecule has 1 saturated heterocycles. The molecule has 0 bridgehead atoms. The van der Waals surface area contributed by atoms with Gasteiger partial charge in [-0.05, 0) is 76.9 Å². The van der Waals surface area contributed by atoms with Gasteiger partial charge >= 0.3 is 5.97 Å². The van der Waals surface area contributed by atoms with Crippen molar-refractivity contribution < 1.29 is 28.9 Å². The zero-order valence-electron chi connectivity index (χ0n) is 21.5. The smallest absolute Gasteiger partial charge is 0.341 e. The van der Waals surface area contributed by atoms with Crippen LogP contribution in [-0.4, -0.2) is 66.9 Å². The van der Waals surface area contributed by atoms with Gasteiger partial charge in [0.2, 0.25) is 5.43 Å². The standard InChI is InChI=1S/C28H32FIN2O6/c1-3-17-12-25-22(27(34)23(28(35)36)14-32(25)21(15-33)16-37-4-2)11-18(17)9-19-10-20(13-24(30)26(19)29)31-5-7-38-8-6-31/h10-14,21,33H,3-9,15-16H2,1-2H3,(H,35,36)/t21-/m1/s1. The number of carboxylic acid groups (broad SMARTS) is 1. The highest BCUT2D eigenvalue weighted by Crippen LogP contribution is 2.29. The molecular weight excluding hydrogens is 606 g/mol. The largest absolute Gasteiger partial charge is 0.477 e. The highest BCUT2D eigenvalue weighted by atomic mass is 127. The fraction of sp³-hybridized carbons (Fsp3) is 0.429. The molecule has 0 aliphatic carbocycles. The molecule has 8 nitrogen and oxygen atoms in total. The van der Waals surface area contributed by atoms with E-state index in [1.807, 2.05) is 54.6 Å². The van der Waals surface area contributed by atoms with Crippen molar-refractivity contribution in [3.63, 3.8) is 0 Å². The molecule has 0 saturated carbocycles. The third-order valence-corrected chi connectivity index (χ3v) is 7.71. The summed E-state index contributed by atoms with van der Waals surface area (Å²) in [5.41, 5.74) is 2.60. The fourth-order valence-electron chi connectivity index (χ4n) is 4.88. The molecule has 10 heteroatoms. The van der Waals surface area contributed by atoms with E-state index in [1.165, 1.54) is 6.20 Å². The predicted molar refractivity (Wildman–Crippen MR) is 152 cm³/mol. The van der Waals surface area contributed by atoms with E-state index in [0.29, 0.717) is 40.9 Å². The molecule has 1 aliphatic heterocycles. The topological polar surface area (TPSA) is 101 Å². The highest BCUT2D eigenvalue weighted by molar-refractivity contribution is 14.1. The molecule has 1 aromatic heterocycles. The molecule has 2 heterocycles. The van der Waals surface area contributed by atoms with Gasteiger partial charge in [0.05, 0.1) is 41.6 Å². The Kier molecular flexibility index (Phi) is 9.40. The number of fused-ring (bicyclic) bond motifs is 1. The van der Waals surface area contributed by atoms with Gasteiger partial charge in [0.25, 0.3) is 0 Å². The summed E-state index contributed by atoms with van der Waals surface area (Å²) in [6.07, 6.45) is 2.15. The SMILES string of the molecule is CCOC[C@@H](CO)n1cc(C(=O)O)c(=O)c2cc(Cc3cc(N4CCOCC4)cc(I)c3F)c(CC)cc21. The number of hydrogen-bond donors (Lipinski definition) is 2. The van der Waals surface area contributed by atoms with Crippen molar-refractivity contribution in [2.24, 2.45) is 0 Å². The van der Waals surface area contributed by atoms with Crippen molar-refractivity contribution in [3.05, 3.63) is 72.3 Å². The zero-order valence-corrected chi connectivity index (χ0v) is 23.7. The van der Waals surface area contributed by atoms with Crippen molar-refractivity contribution in [2.75, 3.05) is 51.0 Å². The minimum Gasteiger partial charge on any atom is -0.477 e. The second-order valence-electron chi connectivity index (χ2n) is 9.25. The maximum Gasteiger partial charge on any atom is 0.341 e. The van der Waals surface area contributed by atoms with Crippen molar-refractivity contribution in [1.82, 2.24) is 4.57 Å². The molecule has 0 spiro atoms. The van der Waals surface area contributed by atoms with Crippen LogP contribution in [0.3, 0.4) is 0 Å². The normalized spacial score (nSPS) is 14.7. The number of carboxylic acids is 1. The molecule has 3 aromatic rings. The van der Waals surface area contributed by atoms with E-state index in [-0.39, 0.29) is 30.8 Å². The van der Waals surface area contributed by atoms with Crippen molar-refractivity contribution in [3.8, 4) is 0 Å². The van der Waals surface area contributed by atoms with Crippen LogP contribution in [0.15, 0.2) is 35.3 Å². The van der Waals surface area contributed by atoms with Crippen LogP contribution in [0, 0.1) is 9.39 Å². The summed E-state index contributed by atoms with van der Waals surface area (Å²) in [6, 6.07) is 6.64. The van der Waals surface area contributed by atoms with E-state index in [2.05, 4.69) is 4.90 Å². The zero-order chi connectivity index (χ0) is 27.4. The van der Waals surface area contributed by atoms with Gasteiger partial charge in [-0.15, -0.1) is 0 Å². The lowest BCUT2D eigenvalue weighted by atomic mass is 9.94. The van der Waals surface area contributed by atoms with Crippen LogP contribution in [0.1, 0.15) is 46.9 Å². The molecular formula is C28H32FIN2O6. The lowest BCUT2D eigenvalue weighted by Gasteiger charge is -2.29. The summed E-state index contributed by atoms with van der Waals surface area (Å²) >= 11 is 2.00. The number of pyridine rings is 1. The summed E-state index contributed by atoms with van der Waals surface area (Å²) in [5, 5.41) is 20.0. The molecule has 1 fully saturated rings. The first-order valence-electron chi connectivity index (χ1n) is 12.7. The van der Waals surface area contributed by atoms with E-state index in [0.717, 1.165) is 29.9 Å². The molecule has 1 aliphatic rings. The summed E-state index contributed by atoms with van der Waals surface area (Å²) in [4.78, 5) is 27.4. The third-order valence-electron chi connectivity index (χ3n) is 6.93. The number of rotatable bonds is 10. The predicted octanol–water partition coefficient (Wildman–Crippen LogP) is 4.00. The van der Waals surface area contributed by atoms with Crippen LogP contribution < -0.4 is 10.3 Å². The molecule has 2 N–H and O–H groups in total. The number of aromatic carboxylic acids is 1. The minimum absolute atomic E-state index is 0.158. The van der Waals surface area contributed by atoms with Crippen molar-refractivity contribution in [2.45, 2.75) is 32.7 Å². The van der Waals surface area contributed by atoms with E-state index in [9.17, 15) is 19.8 Å². The van der Waals surface area contributed by atoms with Gasteiger partial charge in [0.1, 0.15) is 11.4 Å². The second kappa shape index (κ2) is 12.5. The number of anilines is 1. The molecule has 0 radical (unpaired) electrons. The molecule has 1 atom stereocenters. The molecule has 204 valence electrons. The number of aliphatic hydroxyl groups excluding tert-OH is 1. The summed E-state index contributed by atoms with van der Waals surface area (Å²) in [6.45, 7) is 6.78. The Morgan fingerprint density at radius 1 is 1.16 bits per heavy atom.